The Kier molecular flexibility index (Phi) is 12.1. The highest BCUT2D eigenvalue weighted by Crippen LogP contribution is 2.29. The second-order valence-corrected chi connectivity index (χ2v) is 11.1. The lowest BCUT2D eigenvalue weighted by molar-refractivity contribution is -0.123. The molecular formula is C31H41FN4OS. The molecule has 0 spiro atoms. The van der Waals surface area contributed by atoms with Crippen LogP contribution in [0.2, 0.25) is 0 Å². The van der Waals surface area contributed by atoms with Crippen molar-refractivity contribution in [3.05, 3.63) is 95.8 Å². The number of hydrogen-bond acceptors (Lipinski definition) is 5. The lowest BCUT2D eigenvalue weighted by Crippen LogP contribution is -2.47. The fourth-order valence-corrected chi connectivity index (χ4v) is 5.73. The molecule has 204 valence electrons. The molecule has 3 aromatic rings. The smallest absolute Gasteiger partial charge is 0.238 e. The number of halogens is 1. The van der Waals surface area contributed by atoms with Gasteiger partial charge in [0.15, 0.2) is 0 Å². The second-order valence-electron chi connectivity index (χ2n) is 9.97. The van der Waals surface area contributed by atoms with Gasteiger partial charge in [-0.1, -0.05) is 80.9 Å². The quantitative estimate of drug-likeness (QED) is 0.125. The number of nitrogens with one attached hydrogen (secondary N) is 2. The van der Waals surface area contributed by atoms with E-state index in [4.69, 9.17) is 5.73 Å². The summed E-state index contributed by atoms with van der Waals surface area (Å²) < 4.78 is 16.2. The Labute approximate surface area is 231 Å². The summed E-state index contributed by atoms with van der Waals surface area (Å²) in [5.74, 6) is 0.0488. The van der Waals surface area contributed by atoms with E-state index in [0.29, 0.717) is 12.5 Å². The van der Waals surface area contributed by atoms with Crippen LogP contribution in [0.4, 0.5) is 10.1 Å². The summed E-state index contributed by atoms with van der Waals surface area (Å²) in [6.45, 7) is 6.81. The molecule has 38 heavy (non-hydrogen) atoms. The Balaban J connectivity index is 1.50. The van der Waals surface area contributed by atoms with Crippen molar-refractivity contribution in [1.29, 1.82) is 0 Å². The van der Waals surface area contributed by atoms with Gasteiger partial charge in [-0.25, -0.2) is 8.70 Å². The fraction of sp³-hybridized carbons (Fsp3) is 0.387. The number of unbranched alkanes of at least 4 members (excludes halogenated alkanes) is 2. The molecule has 0 aliphatic heterocycles. The van der Waals surface area contributed by atoms with Gasteiger partial charge in [0.05, 0.1) is 11.7 Å². The van der Waals surface area contributed by atoms with Crippen LogP contribution < -0.4 is 16.4 Å². The van der Waals surface area contributed by atoms with Crippen LogP contribution in [0.25, 0.3) is 0 Å². The summed E-state index contributed by atoms with van der Waals surface area (Å²) in [5.41, 5.74) is 8.01. The van der Waals surface area contributed by atoms with Crippen LogP contribution in [-0.4, -0.2) is 42.9 Å². The van der Waals surface area contributed by atoms with Gasteiger partial charge >= 0.3 is 0 Å². The van der Waals surface area contributed by atoms with Crippen molar-refractivity contribution in [3.8, 4) is 0 Å². The minimum Gasteiger partial charge on any atom is -0.396 e. The van der Waals surface area contributed by atoms with Crippen LogP contribution in [0.15, 0.2) is 83.8 Å². The third-order valence-corrected chi connectivity index (χ3v) is 7.46. The van der Waals surface area contributed by atoms with Crippen LogP contribution in [-0.2, 0) is 4.79 Å². The Hall–Kier alpha value is -2.87. The predicted molar refractivity (Wildman–Crippen MR) is 158 cm³/mol. The third kappa shape index (κ3) is 9.15. The Morgan fingerprint density at radius 3 is 2.13 bits per heavy atom. The van der Waals surface area contributed by atoms with Crippen molar-refractivity contribution in [1.82, 2.24) is 14.9 Å². The van der Waals surface area contributed by atoms with Crippen LogP contribution >= 0.6 is 11.9 Å². The minimum absolute atomic E-state index is 0.00701. The molecular weight excluding hydrogens is 495 g/mol. The maximum Gasteiger partial charge on any atom is 0.238 e. The van der Waals surface area contributed by atoms with Crippen molar-refractivity contribution in [2.24, 2.45) is 5.92 Å². The highest BCUT2D eigenvalue weighted by Gasteiger charge is 2.29. The number of carbonyl (C=O) groups excluding carboxylic acids is 1. The maximum absolute atomic E-state index is 13.9. The van der Waals surface area contributed by atoms with Gasteiger partial charge in [-0.15, -0.1) is 0 Å². The number of hydrogen-bond donors (Lipinski definition) is 3. The molecule has 4 N–H and O–H groups in total. The molecule has 0 radical (unpaired) electrons. The molecule has 5 nitrogen and oxygen atoms in total. The standard InChI is InChI=1S/C31H41FN4OS/c1-23(2)22-36(38-26-17-18-28(33)27(32)21-26)20-12-6-11-19-35-31(37)30(34-3)29(24-13-7-4-8-14-24)25-15-9-5-10-16-25/h4-5,7-10,13-18,21,23,29-30,34H,6,11-12,19-20,22,33H2,1-3H3,(H,35,37). The first kappa shape index (κ1) is 29.7. The van der Waals surface area contributed by atoms with Gasteiger partial charge in [-0.3, -0.25) is 4.79 Å². The summed E-state index contributed by atoms with van der Waals surface area (Å²) in [5, 5.41) is 6.41. The fourth-order valence-electron chi connectivity index (χ4n) is 4.55. The van der Waals surface area contributed by atoms with E-state index in [0.717, 1.165) is 48.4 Å². The molecule has 1 unspecified atom stereocenters. The van der Waals surface area contributed by atoms with Crippen LogP contribution in [0, 0.1) is 11.7 Å². The average Bonchev–Trinajstić information content (AvgIpc) is 2.91. The van der Waals surface area contributed by atoms with Crippen molar-refractivity contribution >= 4 is 23.5 Å². The molecule has 7 heteroatoms. The van der Waals surface area contributed by atoms with E-state index in [1.54, 1.807) is 18.0 Å². The topological polar surface area (TPSA) is 70.4 Å². The first-order valence-electron chi connectivity index (χ1n) is 13.4. The van der Waals surface area contributed by atoms with Gasteiger partial charge < -0.3 is 16.4 Å². The molecule has 0 aliphatic carbocycles. The number of benzene rings is 3. The number of likely N-dealkylation sites (N-methyl/N-ethyl adjacent to an activating group) is 1. The summed E-state index contributed by atoms with van der Waals surface area (Å²) >= 11 is 1.57. The Morgan fingerprint density at radius 2 is 1.58 bits per heavy atom. The number of nitrogens with two attached hydrogens (primary N) is 1. The molecule has 0 saturated heterocycles. The number of nitrogen functional groups attached to an aromatic ring is 1. The zero-order valence-corrected chi connectivity index (χ0v) is 23.5. The van der Waals surface area contributed by atoms with Gasteiger partial charge in [-0.05, 0) is 67.1 Å². The Morgan fingerprint density at radius 1 is 0.947 bits per heavy atom. The first-order valence-corrected chi connectivity index (χ1v) is 14.2. The molecule has 1 atom stereocenters. The molecule has 3 rings (SSSR count). The maximum atomic E-state index is 13.9. The largest absolute Gasteiger partial charge is 0.396 e. The lowest BCUT2D eigenvalue weighted by Gasteiger charge is -2.27. The van der Waals surface area contributed by atoms with Crippen molar-refractivity contribution in [2.75, 3.05) is 32.4 Å². The second kappa shape index (κ2) is 15.5. The van der Waals surface area contributed by atoms with E-state index in [1.165, 1.54) is 6.07 Å². The number of carbonyl (C=O) groups is 1. The summed E-state index contributed by atoms with van der Waals surface area (Å²) in [4.78, 5) is 14.1. The first-order chi connectivity index (χ1) is 18.4. The highest BCUT2D eigenvalue weighted by molar-refractivity contribution is 7.97. The molecule has 0 heterocycles. The van der Waals surface area contributed by atoms with Gasteiger partial charge in [0.1, 0.15) is 5.82 Å². The minimum atomic E-state index is -0.378. The predicted octanol–water partition coefficient (Wildman–Crippen LogP) is 6.08. The summed E-state index contributed by atoms with van der Waals surface area (Å²) in [7, 11) is 1.84. The van der Waals surface area contributed by atoms with Gasteiger partial charge in [0, 0.05) is 30.4 Å². The molecule has 0 saturated carbocycles. The van der Waals surface area contributed by atoms with Crippen LogP contribution in [0.5, 0.6) is 0 Å². The van der Waals surface area contributed by atoms with Crippen LogP contribution in [0.3, 0.4) is 0 Å². The third-order valence-electron chi connectivity index (χ3n) is 6.40. The van der Waals surface area contributed by atoms with E-state index in [1.807, 2.05) is 49.5 Å². The Bertz CT molecular complexity index is 1070. The lowest BCUT2D eigenvalue weighted by atomic mass is 9.84. The number of rotatable bonds is 15. The summed E-state index contributed by atoms with van der Waals surface area (Å²) in [6.07, 6.45) is 2.90. The van der Waals surface area contributed by atoms with E-state index in [2.05, 4.69) is 53.1 Å². The van der Waals surface area contributed by atoms with Crippen LogP contribution in [0.1, 0.15) is 50.2 Å². The number of anilines is 1. The van der Waals surface area contributed by atoms with Gasteiger partial charge in [-0.2, -0.15) is 0 Å². The van der Waals surface area contributed by atoms with Gasteiger partial charge in [0.2, 0.25) is 5.91 Å². The van der Waals surface area contributed by atoms with E-state index >= 15 is 0 Å². The number of nitrogens with zero attached hydrogens (tertiary/aromatic N) is 1. The summed E-state index contributed by atoms with van der Waals surface area (Å²) in [6, 6.07) is 25.0. The van der Waals surface area contributed by atoms with E-state index in [9.17, 15) is 9.18 Å². The van der Waals surface area contributed by atoms with Crippen molar-refractivity contribution < 1.29 is 9.18 Å². The molecule has 0 aromatic heterocycles. The SMILES string of the molecule is CNC(C(=O)NCCCCCN(CC(C)C)Sc1ccc(N)c(F)c1)C(c1ccccc1)c1ccccc1. The molecule has 3 aromatic carbocycles. The average molecular weight is 537 g/mol. The monoisotopic (exact) mass is 536 g/mol. The number of amides is 1. The molecule has 0 aliphatic rings. The normalized spacial score (nSPS) is 12.3. The van der Waals surface area contributed by atoms with E-state index in [-0.39, 0.29) is 29.4 Å². The highest BCUT2D eigenvalue weighted by atomic mass is 32.2. The van der Waals surface area contributed by atoms with Crippen molar-refractivity contribution in [2.45, 2.75) is 50.0 Å². The zero-order valence-electron chi connectivity index (χ0n) is 22.7. The van der Waals surface area contributed by atoms with Gasteiger partial charge in [0.25, 0.3) is 0 Å². The molecule has 0 fully saturated rings. The zero-order chi connectivity index (χ0) is 27.3. The molecule has 1 amide bonds. The van der Waals surface area contributed by atoms with Crippen molar-refractivity contribution in [3.63, 3.8) is 0 Å². The molecule has 0 bridgehead atoms. The van der Waals surface area contributed by atoms with E-state index < -0.39 is 0 Å².